The van der Waals surface area contributed by atoms with Gasteiger partial charge in [-0.25, -0.2) is 9.29 Å². The number of benzene rings is 1. The number of para-hydroxylation sites is 1. The van der Waals surface area contributed by atoms with Crippen molar-refractivity contribution in [2.75, 3.05) is 48.7 Å². The number of nitriles is 1. The summed E-state index contributed by atoms with van der Waals surface area (Å²) in [6, 6.07) is 9.94. The molecule has 1 aromatic heterocycles. The van der Waals surface area contributed by atoms with Crippen molar-refractivity contribution in [3.8, 4) is 6.07 Å². The van der Waals surface area contributed by atoms with E-state index in [1.807, 2.05) is 4.31 Å². The van der Waals surface area contributed by atoms with Gasteiger partial charge in [0.2, 0.25) is 6.41 Å². The molecule has 0 aliphatic carbocycles. The van der Waals surface area contributed by atoms with Crippen molar-refractivity contribution in [3.63, 3.8) is 0 Å². The smallest absolute Gasteiger partial charge is 0.393 e. The second-order valence-corrected chi connectivity index (χ2v) is 10.8. The van der Waals surface area contributed by atoms with Crippen LogP contribution in [0.5, 0.6) is 0 Å². The van der Waals surface area contributed by atoms with E-state index in [-0.39, 0.29) is 11.0 Å². The van der Waals surface area contributed by atoms with Gasteiger partial charge in [0.15, 0.2) is 10.8 Å². The number of nitrogens with zero attached hydrogens (tertiary/aromatic N) is 5. The molecule has 38 heavy (non-hydrogen) atoms. The highest BCUT2D eigenvalue weighted by atomic mass is 32.2. The van der Waals surface area contributed by atoms with E-state index in [4.69, 9.17) is 16.7 Å². The zero-order valence-electron chi connectivity index (χ0n) is 21.0. The van der Waals surface area contributed by atoms with Crippen LogP contribution in [0.25, 0.3) is 0 Å². The Morgan fingerprint density at radius 1 is 1.24 bits per heavy atom. The molecule has 1 aliphatic heterocycles. The molecule has 1 fully saturated rings. The second-order valence-electron chi connectivity index (χ2n) is 7.71. The number of hydrogen-bond acceptors (Lipinski definition) is 11. The predicted octanol–water partition coefficient (Wildman–Crippen LogP) is 3.86. The third kappa shape index (κ3) is 9.35. The molecule has 3 rings (SSSR count). The molecule has 0 bridgehead atoms. The Bertz CT molecular complexity index is 1170. The van der Waals surface area contributed by atoms with Crippen LogP contribution in [0.3, 0.4) is 0 Å². The highest BCUT2D eigenvalue weighted by molar-refractivity contribution is 8.00. The lowest BCUT2D eigenvalue weighted by atomic mass is 10.2. The summed E-state index contributed by atoms with van der Waals surface area (Å²) in [7, 11) is 2.08. The first kappa shape index (κ1) is 31.2. The largest absolute Gasteiger partial charge is 0.435 e. The molecule has 0 unspecified atom stereocenters. The molecule has 1 aromatic carbocycles. The second kappa shape index (κ2) is 14.8. The van der Waals surface area contributed by atoms with E-state index in [0.29, 0.717) is 37.6 Å². The first-order valence-corrected chi connectivity index (χ1v) is 13.9. The van der Waals surface area contributed by atoms with E-state index in [9.17, 15) is 18.0 Å². The first-order chi connectivity index (χ1) is 18.0. The van der Waals surface area contributed by atoms with Crippen molar-refractivity contribution in [1.82, 2.24) is 14.6 Å². The number of hydrogen-bond donors (Lipinski definition) is 3. The highest BCUT2D eigenvalue weighted by Crippen LogP contribution is 2.37. The van der Waals surface area contributed by atoms with Gasteiger partial charge in [-0.3, -0.25) is 4.79 Å². The number of nitrogens with two attached hydrogens (primary N) is 2. The molecule has 15 heteroatoms. The molecule has 0 atom stereocenters. The molecule has 2 heterocycles. The standard InChI is InChI=1S/C14H16F3N7OS2.C9H13NS/c15-14(16,17)12-9(7-18)26-13(22-12)23-3-5-24(6-4-23)27-11(20)2-1-10(19)21-8-25;1-8-6-4-5-7-9(8)10(2)11-3/h1-2,8H,3-6,19-20H2,(H,21,25);4-7H,1-3H3/b10-1+,11-2+;. The monoisotopic (exact) mass is 586 g/mol. The van der Waals surface area contributed by atoms with Gasteiger partial charge in [0, 0.05) is 45.2 Å². The van der Waals surface area contributed by atoms with Crippen LogP contribution in [0.2, 0.25) is 0 Å². The molecule has 1 saturated heterocycles. The molecule has 1 amide bonds. The van der Waals surface area contributed by atoms with Gasteiger partial charge in [0.05, 0.1) is 5.03 Å². The minimum atomic E-state index is -4.65. The molecular weight excluding hydrogens is 558 g/mol. The fourth-order valence-corrected chi connectivity index (χ4v) is 5.27. The maximum absolute atomic E-state index is 12.9. The minimum absolute atomic E-state index is 0.149. The Hall–Kier alpha value is -3.06. The van der Waals surface area contributed by atoms with E-state index in [1.54, 1.807) is 29.0 Å². The van der Waals surface area contributed by atoms with Crippen LogP contribution in [-0.4, -0.2) is 55.2 Å². The highest BCUT2D eigenvalue weighted by Gasteiger charge is 2.38. The number of amides is 1. The Morgan fingerprint density at radius 2 is 1.89 bits per heavy atom. The van der Waals surface area contributed by atoms with Crippen molar-refractivity contribution in [3.05, 3.63) is 63.4 Å². The molecule has 206 valence electrons. The van der Waals surface area contributed by atoms with Gasteiger partial charge in [0.1, 0.15) is 16.8 Å². The number of anilines is 2. The van der Waals surface area contributed by atoms with Crippen LogP contribution in [-0.2, 0) is 11.0 Å². The average Bonchev–Trinajstić information content (AvgIpc) is 3.34. The molecule has 0 spiro atoms. The zero-order chi connectivity index (χ0) is 28.3. The number of nitrogens with one attached hydrogen (secondary N) is 1. The van der Waals surface area contributed by atoms with Crippen molar-refractivity contribution >= 4 is 52.5 Å². The zero-order valence-corrected chi connectivity index (χ0v) is 23.5. The van der Waals surface area contributed by atoms with E-state index in [0.717, 1.165) is 11.3 Å². The molecule has 1 aliphatic rings. The molecule has 2 aromatic rings. The Labute approximate surface area is 232 Å². The number of carbonyl (C=O) groups is 1. The van der Waals surface area contributed by atoms with E-state index >= 15 is 0 Å². The SMILES string of the molecule is CSN(C)c1ccccc1C.N#Cc1sc(N2CCN(S/C(N)=C/C=C(\N)NC=O)CC2)nc1C(F)(F)F. The van der Waals surface area contributed by atoms with Gasteiger partial charge in [-0.2, -0.15) is 18.4 Å². The maximum Gasteiger partial charge on any atom is 0.435 e. The number of rotatable bonds is 8. The summed E-state index contributed by atoms with van der Waals surface area (Å²) >= 11 is 3.74. The summed E-state index contributed by atoms with van der Waals surface area (Å²) < 4.78 is 42.8. The number of halogens is 3. The van der Waals surface area contributed by atoms with Gasteiger partial charge in [-0.15, -0.1) is 0 Å². The Morgan fingerprint density at radius 3 is 2.42 bits per heavy atom. The maximum atomic E-state index is 12.9. The lowest BCUT2D eigenvalue weighted by Gasteiger charge is -2.33. The fourth-order valence-electron chi connectivity index (χ4n) is 3.17. The molecule has 5 N–H and O–H groups in total. The predicted molar refractivity (Wildman–Crippen MR) is 150 cm³/mol. The number of aromatic nitrogens is 1. The summed E-state index contributed by atoms with van der Waals surface area (Å²) in [5.74, 6) is 0.149. The van der Waals surface area contributed by atoms with Gasteiger partial charge in [0.25, 0.3) is 0 Å². The lowest BCUT2D eigenvalue weighted by Crippen LogP contribution is -2.43. The van der Waals surface area contributed by atoms with E-state index in [1.165, 1.54) is 29.3 Å². The summed E-state index contributed by atoms with van der Waals surface area (Å²) in [5.41, 5.74) is 12.8. The first-order valence-electron chi connectivity index (χ1n) is 11.1. The molecular formula is C23H29F3N8OS3. The average molecular weight is 587 g/mol. The third-order valence-corrected chi connectivity index (χ3v) is 7.85. The van der Waals surface area contributed by atoms with Gasteiger partial charge < -0.3 is 26.0 Å². The number of alkyl halides is 3. The number of allylic oxidation sites excluding steroid dienone is 2. The lowest BCUT2D eigenvalue weighted by molar-refractivity contribution is -0.140. The van der Waals surface area contributed by atoms with Crippen molar-refractivity contribution in [2.24, 2.45) is 11.5 Å². The summed E-state index contributed by atoms with van der Waals surface area (Å²) in [5, 5.41) is 11.8. The van der Waals surface area contributed by atoms with E-state index < -0.39 is 16.7 Å². The van der Waals surface area contributed by atoms with Crippen LogP contribution in [0.15, 0.2) is 47.3 Å². The minimum Gasteiger partial charge on any atom is -0.393 e. The quantitative estimate of drug-likeness (QED) is 0.238. The number of carbonyl (C=O) groups excluding carboxylic acids is 1. The van der Waals surface area contributed by atoms with Gasteiger partial charge in [-0.05, 0) is 42.7 Å². The number of thiazole rings is 1. The van der Waals surface area contributed by atoms with Gasteiger partial charge >= 0.3 is 6.18 Å². The normalized spacial score (nSPS) is 14.8. The molecule has 0 saturated carbocycles. The van der Waals surface area contributed by atoms with Crippen LogP contribution in [0.4, 0.5) is 24.0 Å². The Balaban J connectivity index is 0.000000384. The molecule has 0 radical (unpaired) electrons. The van der Waals surface area contributed by atoms with Crippen LogP contribution in [0.1, 0.15) is 16.1 Å². The van der Waals surface area contributed by atoms with Crippen LogP contribution < -0.4 is 26.0 Å². The van der Waals surface area contributed by atoms with Crippen molar-refractivity contribution < 1.29 is 18.0 Å². The van der Waals surface area contributed by atoms with Crippen LogP contribution in [0, 0.1) is 18.3 Å². The third-order valence-electron chi connectivity index (χ3n) is 5.11. The number of aryl methyl sites for hydroxylation is 1. The van der Waals surface area contributed by atoms with Crippen molar-refractivity contribution in [1.29, 1.82) is 5.26 Å². The van der Waals surface area contributed by atoms with E-state index in [2.05, 4.69) is 59.1 Å². The summed E-state index contributed by atoms with van der Waals surface area (Å²) in [6.45, 7) is 4.09. The fraction of sp³-hybridized carbons (Fsp3) is 0.348. The number of piperazine rings is 1. The Kier molecular flexibility index (Phi) is 12.1. The summed E-state index contributed by atoms with van der Waals surface area (Å²) in [6.07, 6.45) is 0.864. The van der Waals surface area contributed by atoms with Gasteiger partial charge in [-0.1, -0.05) is 41.5 Å². The summed E-state index contributed by atoms with van der Waals surface area (Å²) in [4.78, 5) is 15.1. The van der Waals surface area contributed by atoms with Crippen LogP contribution >= 0.6 is 35.2 Å². The molecule has 9 nitrogen and oxygen atoms in total. The van der Waals surface area contributed by atoms with Crippen molar-refractivity contribution in [2.45, 2.75) is 13.1 Å². The topological polar surface area (TPSA) is 128 Å².